The summed E-state index contributed by atoms with van der Waals surface area (Å²) in [6.45, 7) is 1.96. The van der Waals surface area contributed by atoms with E-state index in [-0.39, 0.29) is 5.75 Å². The highest BCUT2D eigenvalue weighted by Gasteiger charge is 2.18. The molecule has 96 valence electrons. The normalized spacial score (nSPS) is 11.5. The second-order valence-electron chi connectivity index (χ2n) is 3.68. The van der Waals surface area contributed by atoms with Gasteiger partial charge >= 0.3 is 0 Å². The van der Waals surface area contributed by atoms with Crippen LogP contribution in [0.2, 0.25) is 0 Å². The molecule has 0 fully saturated rings. The van der Waals surface area contributed by atoms with E-state index >= 15 is 0 Å². The maximum Gasteiger partial charge on any atom is 0.277 e. The van der Waals surface area contributed by atoms with Gasteiger partial charge < -0.3 is 0 Å². The van der Waals surface area contributed by atoms with Crippen LogP contribution in [0.15, 0.2) is 0 Å². The first-order valence-electron chi connectivity index (χ1n) is 5.04. The number of hydrogen-bond donors (Lipinski definition) is 2. The van der Waals surface area contributed by atoms with Crippen molar-refractivity contribution in [2.24, 2.45) is 5.84 Å². The van der Waals surface area contributed by atoms with E-state index in [4.69, 9.17) is 5.84 Å². The second kappa shape index (κ2) is 5.56. The summed E-state index contributed by atoms with van der Waals surface area (Å²) in [5, 5.41) is 0.426. The number of carbonyl (C=O) groups is 1. The molecule has 8 heteroatoms. The lowest BCUT2D eigenvalue weighted by Crippen LogP contribution is -2.30. The van der Waals surface area contributed by atoms with Gasteiger partial charge in [-0.25, -0.2) is 19.2 Å². The van der Waals surface area contributed by atoms with E-state index in [0.29, 0.717) is 22.0 Å². The van der Waals surface area contributed by atoms with Gasteiger partial charge in [0.25, 0.3) is 5.91 Å². The number of thiazole rings is 1. The Bertz CT molecular complexity index is 508. The van der Waals surface area contributed by atoms with Gasteiger partial charge in [0.1, 0.15) is 15.6 Å². The van der Waals surface area contributed by atoms with Gasteiger partial charge in [0, 0.05) is 6.26 Å². The van der Waals surface area contributed by atoms with Gasteiger partial charge in [-0.05, 0) is 6.42 Å². The maximum absolute atomic E-state index is 11.5. The third kappa shape index (κ3) is 4.06. The van der Waals surface area contributed by atoms with E-state index < -0.39 is 15.7 Å². The number of hydrogen-bond acceptors (Lipinski definition) is 6. The average Bonchev–Trinajstić information content (AvgIpc) is 2.58. The van der Waals surface area contributed by atoms with Crippen molar-refractivity contribution >= 4 is 27.1 Å². The van der Waals surface area contributed by atoms with Crippen LogP contribution >= 0.6 is 11.3 Å². The lowest BCUT2D eigenvalue weighted by Gasteiger charge is -1.97. The van der Waals surface area contributed by atoms with E-state index in [1.54, 1.807) is 0 Å². The fourth-order valence-corrected chi connectivity index (χ4v) is 3.54. The zero-order valence-corrected chi connectivity index (χ0v) is 11.3. The first-order chi connectivity index (χ1) is 7.87. The second-order valence-corrected chi connectivity index (χ2v) is 6.90. The number of nitrogens with one attached hydrogen (secondary N) is 1. The van der Waals surface area contributed by atoms with Gasteiger partial charge in [0.2, 0.25) is 0 Å². The smallest absolute Gasteiger partial charge is 0.277 e. The van der Waals surface area contributed by atoms with Crippen LogP contribution in [0.5, 0.6) is 0 Å². The summed E-state index contributed by atoms with van der Waals surface area (Å²) < 4.78 is 22.3. The zero-order valence-electron chi connectivity index (χ0n) is 9.69. The molecule has 0 unspecified atom stereocenters. The molecular formula is C9H15N3O3S2. The SMILES string of the molecule is CCCc1nc(CS(C)(=O)=O)sc1C(=O)NN. The molecule has 1 aromatic heterocycles. The molecule has 1 aromatic rings. The van der Waals surface area contributed by atoms with E-state index in [1.807, 2.05) is 12.3 Å². The zero-order chi connectivity index (χ0) is 13.1. The van der Waals surface area contributed by atoms with Crippen molar-refractivity contribution in [2.45, 2.75) is 25.5 Å². The molecule has 17 heavy (non-hydrogen) atoms. The van der Waals surface area contributed by atoms with Crippen LogP contribution in [0, 0.1) is 0 Å². The van der Waals surface area contributed by atoms with E-state index in [9.17, 15) is 13.2 Å². The molecule has 1 heterocycles. The average molecular weight is 277 g/mol. The van der Waals surface area contributed by atoms with Gasteiger partial charge in [-0.15, -0.1) is 11.3 Å². The highest BCUT2D eigenvalue weighted by Crippen LogP contribution is 2.21. The summed E-state index contributed by atoms with van der Waals surface area (Å²) in [5.74, 6) is 4.49. The summed E-state index contributed by atoms with van der Waals surface area (Å²) in [5.41, 5.74) is 2.65. The third-order valence-electron chi connectivity index (χ3n) is 1.95. The minimum atomic E-state index is -3.14. The molecule has 6 nitrogen and oxygen atoms in total. The molecule has 0 atom stereocenters. The molecule has 3 N–H and O–H groups in total. The fraction of sp³-hybridized carbons (Fsp3) is 0.556. The summed E-state index contributed by atoms with van der Waals surface area (Å²) >= 11 is 1.08. The number of aromatic nitrogens is 1. The first kappa shape index (κ1) is 14.1. The van der Waals surface area contributed by atoms with Crippen LogP contribution in [-0.4, -0.2) is 25.6 Å². The number of aryl methyl sites for hydroxylation is 1. The topological polar surface area (TPSA) is 102 Å². The number of hydrazine groups is 1. The first-order valence-corrected chi connectivity index (χ1v) is 7.92. The van der Waals surface area contributed by atoms with Gasteiger partial charge in [0.15, 0.2) is 9.84 Å². The molecule has 0 bridgehead atoms. The largest absolute Gasteiger partial charge is 0.289 e. The van der Waals surface area contributed by atoms with Gasteiger partial charge in [-0.2, -0.15) is 0 Å². The van der Waals surface area contributed by atoms with Crippen molar-refractivity contribution in [3.05, 3.63) is 15.6 Å². The van der Waals surface area contributed by atoms with Gasteiger partial charge in [-0.1, -0.05) is 13.3 Å². The van der Waals surface area contributed by atoms with E-state index in [2.05, 4.69) is 4.98 Å². The van der Waals surface area contributed by atoms with Crippen LogP contribution in [0.25, 0.3) is 0 Å². The Hall–Kier alpha value is -0.990. The highest BCUT2D eigenvalue weighted by molar-refractivity contribution is 7.90. The van der Waals surface area contributed by atoms with Gasteiger partial charge in [-0.3, -0.25) is 10.2 Å². The van der Waals surface area contributed by atoms with Crippen LogP contribution in [0.1, 0.15) is 33.7 Å². The van der Waals surface area contributed by atoms with Crippen molar-refractivity contribution in [3.8, 4) is 0 Å². The standard InChI is InChI=1S/C9H15N3O3S2/c1-3-4-6-8(9(13)12-10)16-7(11-6)5-17(2,14)15/h3-5,10H2,1-2H3,(H,12,13). The maximum atomic E-state index is 11.5. The number of sulfone groups is 1. The van der Waals surface area contributed by atoms with Crippen molar-refractivity contribution in [2.75, 3.05) is 6.26 Å². The molecule has 0 radical (unpaired) electrons. The lowest BCUT2D eigenvalue weighted by atomic mass is 10.2. The van der Waals surface area contributed by atoms with Crippen molar-refractivity contribution in [1.29, 1.82) is 0 Å². The Morgan fingerprint density at radius 2 is 2.18 bits per heavy atom. The Morgan fingerprint density at radius 1 is 1.53 bits per heavy atom. The predicted octanol–water partition coefficient (Wildman–Crippen LogP) is 0.244. The molecule has 1 amide bonds. The summed E-state index contributed by atoms with van der Waals surface area (Å²) in [6, 6.07) is 0. The lowest BCUT2D eigenvalue weighted by molar-refractivity contribution is 0.0956. The number of nitrogens with two attached hydrogens (primary N) is 1. The summed E-state index contributed by atoms with van der Waals surface area (Å²) in [4.78, 5) is 16.0. The molecule has 0 saturated heterocycles. The van der Waals surface area contributed by atoms with Crippen molar-refractivity contribution in [3.63, 3.8) is 0 Å². The number of carbonyl (C=O) groups excluding carboxylic acids is 1. The van der Waals surface area contributed by atoms with Crippen molar-refractivity contribution < 1.29 is 13.2 Å². The summed E-state index contributed by atoms with van der Waals surface area (Å²) in [6.07, 6.45) is 2.59. The number of nitrogens with zero attached hydrogens (tertiary/aromatic N) is 1. The number of rotatable bonds is 5. The third-order valence-corrected chi connectivity index (χ3v) is 4.03. The molecule has 0 aliphatic heterocycles. The quantitative estimate of drug-likeness (QED) is 0.456. The Kier molecular flexibility index (Phi) is 4.61. The molecule has 0 aliphatic carbocycles. The molecule has 0 saturated carbocycles. The highest BCUT2D eigenvalue weighted by atomic mass is 32.2. The van der Waals surface area contributed by atoms with Crippen molar-refractivity contribution in [1.82, 2.24) is 10.4 Å². The number of nitrogen functional groups attached to an aromatic ring is 1. The minimum absolute atomic E-state index is 0.147. The molecular weight excluding hydrogens is 262 g/mol. The van der Waals surface area contributed by atoms with Gasteiger partial charge in [0.05, 0.1) is 5.69 Å². The Labute approximate surface area is 104 Å². The Morgan fingerprint density at radius 3 is 2.65 bits per heavy atom. The monoisotopic (exact) mass is 277 g/mol. The summed E-state index contributed by atoms with van der Waals surface area (Å²) in [7, 11) is -3.14. The van der Waals surface area contributed by atoms with E-state index in [1.165, 1.54) is 0 Å². The molecule has 1 rings (SSSR count). The molecule has 0 spiro atoms. The van der Waals surface area contributed by atoms with Crippen LogP contribution in [-0.2, 0) is 22.0 Å². The molecule has 0 aromatic carbocycles. The predicted molar refractivity (Wildman–Crippen MR) is 66.3 cm³/mol. The van der Waals surface area contributed by atoms with Crippen LogP contribution in [0.4, 0.5) is 0 Å². The number of amides is 1. The Balaban J connectivity index is 3.07. The minimum Gasteiger partial charge on any atom is -0.289 e. The molecule has 0 aliphatic rings. The van der Waals surface area contributed by atoms with Crippen LogP contribution < -0.4 is 11.3 Å². The van der Waals surface area contributed by atoms with Crippen LogP contribution in [0.3, 0.4) is 0 Å². The fourth-order valence-electron chi connectivity index (χ4n) is 1.34. The van der Waals surface area contributed by atoms with E-state index in [0.717, 1.165) is 24.0 Å².